The Kier molecular flexibility index (Phi) is 4.37. The number of anilines is 2. The number of carbonyl (C=O) groups excluding carboxylic acids is 1. The van der Waals surface area contributed by atoms with E-state index in [1.54, 1.807) is 12.1 Å². The Bertz CT molecular complexity index is 675. The molecule has 0 radical (unpaired) electrons. The zero-order valence-electron chi connectivity index (χ0n) is 11.3. The van der Waals surface area contributed by atoms with Crippen LogP contribution in [0.4, 0.5) is 20.2 Å². The number of carbonyl (C=O) groups is 1. The minimum atomic E-state index is -0.900. The summed E-state index contributed by atoms with van der Waals surface area (Å²) >= 11 is 0. The highest BCUT2D eigenvalue weighted by molar-refractivity contribution is 5.91. The number of ether oxygens (including phenoxy) is 1. The van der Waals surface area contributed by atoms with Crippen molar-refractivity contribution in [3.63, 3.8) is 0 Å². The second-order valence-electron chi connectivity index (χ2n) is 4.40. The first kappa shape index (κ1) is 14.8. The average Bonchev–Trinajstić information content (AvgIpc) is 2.48. The van der Waals surface area contributed by atoms with Crippen LogP contribution >= 0.6 is 0 Å². The van der Waals surface area contributed by atoms with Gasteiger partial charge in [0, 0.05) is 6.54 Å². The van der Waals surface area contributed by atoms with Crippen molar-refractivity contribution in [3.05, 3.63) is 59.2 Å². The van der Waals surface area contributed by atoms with Crippen LogP contribution in [0.2, 0.25) is 0 Å². The summed E-state index contributed by atoms with van der Waals surface area (Å²) in [5, 5.41) is 2.99. The Balaban J connectivity index is 2.09. The first-order chi connectivity index (χ1) is 10.0. The zero-order valence-corrected chi connectivity index (χ0v) is 11.3. The topological polar surface area (TPSA) is 64.3 Å². The average molecular weight is 292 g/mol. The molecule has 0 heterocycles. The van der Waals surface area contributed by atoms with Gasteiger partial charge in [-0.1, -0.05) is 6.07 Å². The van der Waals surface area contributed by atoms with Crippen molar-refractivity contribution in [1.82, 2.24) is 0 Å². The van der Waals surface area contributed by atoms with E-state index in [-0.39, 0.29) is 6.54 Å². The minimum absolute atomic E-state index is 0.277. The van der Waals surface area contributed by atoms with Gasteiger partial charge < -0.3 is 15.8 Å². The molecule has 6 heteroatoms. The van der Waals surface area contributed by atoms with Crippen molar-refractivity contribution in [2.45, 2.75) is 6.54 Å². The lowest BCUT2D eigenvalue weighted by Gasteiger charge is -2.10. The fourth-order valence-corrected chi connectivity index (χ4v) is 1.82. The van der Waals surface area contributed by atoms with Gasteiger partial charge in [-0.2, -0.15) is 0 Å². The maximum absolute atomic E-state index is 13.1. The maximum Gasteiger partial charge on any atom is 0.337 e. The van der Waals surface area contributed by atoms with Crippen LogP contribution in [0.5, 0.6) is 0 Å². The quantitative estimate of drug-likeness (QED) is 0.671. The summed E-state index contributed by atoms with van der Waals surface area (Å²) in [4.78, 5) is 11.4. The van der Waals surface area contributed by atoms with Crippen LogP contribution in [-0.2, 0) is 11.3 Å². The summed E-state index contributed by atoms with van der Waals surface area (Å²) in [6.07, 6.45) is 0. The molecule has 0 bridgehead atoms. The predicted octanol–water partition coefficient (Wildman–Crippen LogP) is 2.95. The highest BCUT2D eigenvalue weighted by atomic mass is 19.2. The van der Waals surface area contributed by atoms with Crippen molar-refractivity contribution < 1.29 is 18.3 Å². The van der Waals surface area contributed by atoms with Crippen LogP contribution in [0.1, 0.15) is 15.9 Å². The number of nitrogens with two attached hydrogens (primary N) is 1. The number of benzene rings is 2. The molecule has 0 unspecified atom stereocenters. The van der Waals surface area contributed by atoms with Crippen LogP contribution in [-0.4, -0.2) is 13.1 Å². The van der Waals surface area contributed by atoms with E-state index in [0.29, 0.717) is 22.5 Å². The van der Waals surface area contributed by atoms with Gasteiger partial charge in [-0.25, -0.2) is 13.6 Å². The number of nitrogen functional groups attached to an aromatic ring is 1. The summed E-state index contributed by atoms with van der Waals surface area (Å²) in [6, 6.07) is 8.33. The molecule has 0 amide bonds. The smallest absolute Gasteiger partial charge is 0.337 e. The molecule has 0 aliphatic rings. The maximum atomic E-state index is 13.1. The molecule has 2 rings (SSSR count). The number of rotatable bonds is 4. The lowest BCUT2D eigenvalue weighted by Crippen LogP contribution is -2.06. The Morgan fingerprint density at radius 1 is 1.19 bits per heavy atom. The normalized spacial score (nSPS) is 10.2. The minimum Gasteiger partial charge on any atom is -0.465 e. The Morgan fingerprint density at radius 3 is 2.57 bits per heavy atom. The highest BCUT2D eigenvalue weighted by Gasteiger charge is 2.08. The van der Waals surface area contributed by atoms with Gasteiger partial charge in [0.15, 0.2) is 11.6 Å². The Labute approximate surface area is 120 Å². The number of hydrogen-bond donors (Lipinski definition) is 2. The molecule has 21 heavy (non-hydrogen) atoms. The number of hydrogen-bond acceptors (Lipinski definition) is 4. The lowest BCUT2D eigenvalue weighted by atomic mass is 10.1. The van der Waals surface area contributed by atoms with E-state index in [2.05, 4.69) is 10.1 Å². The second-order valence-corrected chi connectivity index (χ2v) is 4.40. The molecule has 0 saturated carbocycles. The predicted molar refractivity (Wildman–Crippen MR) is 75.9 cm³/mol. The molecule has 0 aliphatic carbocycles. The van der Waals surface area contributed by atoms with E-state index in [9.17, 15) is 13.6 Å². The third-order valence-corrected chi connectivity index (χ3v) is 2.94. The molecular weight excluding hydrogens is 278 g/mol. The molecule has 0 saturated heterocycles. The number of nitrogens with one attached hydrogen (secondary N) is 1. The van der Waals surface area contributed by atoms with Crippen molar-refractivity contribution in [1.29, 1.82) is 0 Å². The van der Waals surface area contributed by atoms with E-state index in [1.807, 2.05) is 0 Å². The van der Waals surface area contributed by atoms with Gasteiger partial charge in [-0.15, -0.1) is 0 Å². The molecule has 4 nitrogen and oxygen atoms in total. The number of esters is 1. The fraction of sp³-hybridized carbons (Fsp3) is 0.133. The molecule has 3 N–H and O–H groups in total. The van der Waals surface area contributed by atoms with Crippen molar-refractivity contribution in [2.24, 2.45) is 0 Å². The third-order valence-electron chi connectivity index (χ3n) is 2.94. The Hall–Kier alpha value is -2.63. The molecule has 0 spiro atoms. The monoisotopic (exact) mass is 292 g/mol. The van der Waals surface area contributed by atoms with Crippen LogP contribution in [0.25, 0.3) is 0 Å². The molecule has 2 aromatic rings. The largest absolute Gasteiger partial charge is 0.465 e. The van der Waals surface area contributed by atoms with E-state index >= 15 is 0 Å². The van der Waals surface area contributed by atoms with Crippen LogP contribution in [0.15, 0.2) is 36.4 Å². The van der Waals surface area contributed by atoms with Gasteiger partial charge in [0.25, 0.3) is 0 Å². The van der Waals surface area contributed by atoms with E-state index in [4.69, 9.17) is 5.73 Å². The van der Waals surface area contributed by atoms with Gasteiger partial charge in [0.1, 0.15) is 0 Å². The molecular formula is C15H14F2N2O2. The van der Waals surface area contributed by atoms with Gasteiger partial charge in [-0.05, 0) is 35.9 Å². The molecule has 110 valence electrons. The summed E-state index contributed by atoms with van der Waals surface area (Å²) in [7, 11) is 1.29. The van der Waals surface area contributed by atoms with Crippen LogP contribution in [0.3, 0.4) is 0 Å². The summed E-state index contributed by atoms with van der Waals surface area (Å²) in [6.45, 7) is 0.277. The molecule has 0 fully saturated rings. The van der Waals surface area contributed by atoms with E-state index < -0.39 is 17.6 Å². The molecule has 0 atom stereocenters. The molecule has 2 aromatic carbocycles. The van der Waals surface area contributed by atoms with Crippen LogP contribution < -0.4 is 11.1 Å². The highest BCUT2D eigenvalue weighted by Crippen LogP contribution is 2.21. The van der Waals surface area contributed by atoms with Crippen LogP contribution in [0, 0.1) is 11.6 Å². The number of halogens is 2. The fourth-order valence-electron chi connectivity index (χ4n) is 1.82. The van der Waals surface area contributed by atoms with E-state index in [0.717, 1.165) is 12.1 Å². The van der Waals surface area contributed by atoms with Gasteiger partial charge >= 0.3 is 5.97 Å². The lowest BCUT2D eigenvalue weighted by molar-refractivity contribution is 0.0601. The SMILES string of the molecule is COC(=O)c1ccc(NCc2ccc(F)c(F)c2)c(N)c1. The summed E-state index contributed by atoms with van der Waals surface area (Å²) in [5.74, 6) is -2.27. The van der Waals surface area contributed by atoms with Gasteiger partial charge in [0.2, 0.25) is 0 Å². The zero-order chi connectivity index (χ0) is 15.4. The van der Waals surface area contributed by atoms with Gasteiger partial charge in [0.05, 0.1) is 24.0 Å². The molecule has 0 aliphatic heterocycles. The first-order valence-corrected chi connectivity index (χ1v) is 6.17. The van der Waals surface area contributed by atoms with Crippen molar-refractivity contribution >= 4 is 17.3 Å². The number of methoxy groups -OCH3 is 1. The Morgan fingerprint density at radius 2 is 1.95 bits per heavy atom. The standard InChI is InChI=1S/C15H14F2N2O2/c1-21-15(20)10-3-5-14(13(18)7-10)19-8-9-2-4-11(16)12(17)6-9/h2-7,19H,8,18H2,1H3. The summed E-state index contributed by atoms with van der Waals surface area (Å²) < 4.78 is 30.5. The van der Waals surface area contributed by atoms with Crippen molar-refractivity contribution in [2.75, 3.05) is 18.2 Å². The summed E-state index contributed by atoms with van der Waals surface area (Å²) in [5.41, 5.74) is 7.69. The van der Waals surface area contributed by atoms with Gasteiger partial charge in [-0.3, -0.25) is 0 Å². The first-order valence-electron chi connectivity index (χ1n) is 6.17. The van der Waals surface area contributed by atoms with Crippen molar-refractivity contribution in [3.8, 4) is 0 Å². The molecule has 0 aromatic heterocycles. The van der Waals surface area contributed by atoms with E-state index in [1.165, 1.54) is 19.2 Å². The third kappa shape index (κ3) is 3.47. The second kappa shape index (κ2) is 6.21.